The highest BCUT2D eigenvalue weighted by atomic mass is 16.5. The number of rotatable bonds is 4. The molecular weight excluding hydrogens is 280 g/mol. The molecule has 5 heteroatoms. The maximum absolute atomic E-state index is 11.6. The molecule has 110 valence electrons. The Hall–Kier alpha value is -3.05. The zero-order valence-corrected chi connectivity index (χ0v) is 11.7. The minimum absolute atomic E-state index is 0.180. The number of carbonyl (C=O) groups is 1. The summed E-state index contributed by atoms with van der Waals surface area (Å²) in [5.74, 6) is 6.33. The van der Waals surface area contributed by atoms with Crippen LogP contribution in [0.3, 0.4) is 0 Å². The number of ether oxygens (including phenoxy) is 1. The molecule has 3 aromatic rings. The van der Waals surface area contributed by atoms with Crippen molar-refractivity contribution in [1.82, 2.24) is 5.43 Å². The van der Waals surface area contributed by atoms with E-state index in [-0.39, 0.29) is 5.76 Å². The molecular formula is C17H14N2O3. The van der Waals surface area contributed by atoms with Crippen molar-refractivity contribution in [3.8, 4) is 22.6 Å². The van der Waals surface area contributed by atoms with Crippen molar-refractivity contribution in [2.45, 2.75) is 0 Å². The molecule has 0 bridgehead atoms. The van der Waals surface area contributed by atoms with Gasteiger partial charge in [0.2, 0.25) is 0 Å². The molecule has 0 aliphatic heterocycles. The van der Waals surface area contributed by atoms with Crippen LogP contribution in [0.5, 0.6) is 11.5 Å². The number of hydrogen-bond donors (Lipinski definition) is 2. The van der Waals surface area contributed by atoms with Gasteiger partial charge in [0, 0.05) is 5.56 Å². The van der Waals surface area contributed by atoms with Gasteiger partial charge in [0.1, 0.15) is 11.5 Å². The van der Waals surface area contributed by atoms with Gasteiger partial charge in [0.25, 0.3) is 0 Å². The van der Waals surface area contributed by atoms with Crippen molar-refractivity contribution >= 4 is 5.91 Å². The molecule has 22 heavy (non-hydrogen) atoms. The van der Waals surface area contributed by atoms with Gasteiger partial charge in [-0.25, -0.2) is 5.84 Å². The van der Waals surface area contributed by atoms with Crippen LogP contribution in [0, 0.1) is 0 Å². The monoisotopic (exact) mass is 294 g/mol. The lowest BCUT2D eigenvalue weighted by molar-refractivity contribution is 0.0927. The molecule has 1 aromatic heterocycles. The average molecular weight is 294 g/mol. The Bertz CT molecular complexity index is 764. The Kier molecular flexibility index (Phi) is 3.89. The van der Waals surface area contributed by atoms with Gasteiger partial charge in [-0.3, -0.25) is 10.2 Å². The number of carbonyl (C=O) groups excluding carboxylic acids is 1. The highest BCUT2D eigenvalue weighted by molar-refractivity contribution is 5.97. The van der Waals surface area contributed by atoms with Crippen molar-refractivity contribution < 1.29 is 13.9 Å². The quantitative estimate of drug-likeness (QED) is 0.439. The summed E-state index contributed by atoms with van der Waals surface area (Å²) >= 11 is 0. The van der Waals surface area contributed by atoms with E-state index in [9.17, 15) is 4.79 Å². The molecule has 5 nitrogen and oxygen atoms in total. The maximum atomic E-state index is 11.6. The fourth-order valence-electron chi connectivity index (χ4n) is 2.11. The van der Waals surface area contributed by atoms with E-state index in [0.29, 0.717) is 11.3 Å². The summed E-state index contributed by atoms with van der Waals surface area (Å²) < 4.78 is 10.9. The number of amides is 1. The average Bonchev–Trinajstić information content (AvgIpc) is 3.05. The molecule has 3 rings (SSSR count). The Morgan fingerprint density at radius 3 is 2.32 bits per heavy atom. The number of nitrogens with two attached hydrogens (primary N) is 1. The van der Waals surface area contributed by atoms with Gasteiger partial charge in [-0.2, -0.15) is 0 Å². The van der Waals surface area contributed by atoms with Gasteiger partial charge < -0.3 is 9.15 Å². The van der Waals surface area contributed by atoms with E-state index in [2.05, 4.69) is 5.43 Å². The van der Waals surface area contributed by atoms with Crippen LogP contribution in [-0.2, 0) is 0 Å². The molecule has 0 fully saturated rings. The van der Waals surface area contributed by atoms with E-state index in [1.807, 2.05) is 54.6 Å². The summed E-state index contributed by atoms with van der Waals surface area (Å²) in [6, 6.07) is 18.6. The number of nitrogen functional groups attached to an aromatic ring is 1. The fraction of sp³-hybridized carbons (Fsp3) is 0. The second kappa shape index (κ2) is 6.15. The Morgan fingerprint density at radius 1 is 0.955 bits per heavy atom. The lowest BCUT2D eigenvalue weighted by Gasteiger charge is -2.06. The zero-order valence-electron chi connectivity index (χ0n) is 11.7. The van der Waals surface area contributed by atoms with Crippen molar-refractivity contribution in [2.24, 2.45) is 5.84 Å². The lowest BCUT2D eigenvalue weighted by atomic mass is 10.1. The van der Waals surface area contributed by atoms with Crippen LogP contribution in [-0.4, -0.2) is 5.91 Å². The third-order valence-electron chi connectivity index (χ3n) is 3.15. The molecule has 2 aromatic carbocycles. The summed E-state index contributed by atoms with van der Waals surface area (Å²) in [7, 11) is 0. The second-order valence-electron chi connectivity index (χ2n) is 4.58. The first-order valence-corrected chi connectivity index (χ1v) is 6.69. The smallest absolute Gasteiger partial charge is 0.301 e. The van der Waals surface area contributed by atoms with Crippen molar-refractivity contribution in [3.05, 3.63) is 72.7 Å². The largest absolute Gasteiger partial charge is 0.458 e. The van der Waals surface area contributed by atoms with Crippen LogP contribution in [0.25, 0.3) is 11.1 Å². The fourth-order valence-corrected chi connectivity index (χ4v) is 2.11. The van der Waals surface area contributed by atoms with Gasteiger partial charge in [-0.1, -0.05) is 30.3 Å². The summed E-state index contributed by atoms with van der Waals surface area (Å²) in [6.07, 6.45) is 1.45. The first kappa shape index (κ1) is 13.9. The Morgan fingerprint density at radius 2 is 1.64 bits per heavy atom. The van der Waals surface area contributed by atoms with E-state index < -0.39 is 5.91 Å². The van der Waals surface area contributed by atoms with Crippen molar-refractivity contribution in [3.63, 3.8) is 0 Å². The molecule has 0 saturated heterocycles. The Labute approximate surface area is 127 Å². The minimum Gasteiger partial charge on any atom is -0.458 e. The van der Waals surface area contributed by atoms with Crippen molar-refractivity contribution in [1.29, 1.82) is 0 Å². The first-order chi connectivity index (χ1) is 10.8. The SMILES string of the molecule is NNC(=O)c1occc1-c1ccc(Oc2ccccc2)cc1. The van der Waals surface area contributed by atoms with Gasteiger partial charge in [-0.05, 0) is 35.9 Å². The van der Waals surface area contributed by atoms with E-state index in [0.717, 1.165) is 11.3 Å². The van der Waals surface area contributed by atoms with Gasteiger partial charge in [0.15, 0.2) is 5.76 Å². The predicted molar refractivity (Wildman–Crippen MR) is 82.3 cm³/mol. The topological polar surface area (TPSA) is 77.5 Å². The van der Waals surface area contributed by atoms with E-state index >= 15 is 0 Å². The van der Waals surface area contributed by atoms with Gasteiger partial charge >= 0.3 is 5.91 Å². The molecule has 0 aliphatic rings. The third-order valence-corrected chi connectivity index (χ3v) is 3.15. The molecule has 0 radical (unpaired) electrons. The Balaban J connectivity index is 1.83. The summed E-state index contributed by atoms with van der Waals surface area (Å²) in [5.41, 5.74) is 3.58. The highest BCUT2D eigenvalue weighted by Crippen LogP contribution is 2.28. The predicted octanol–water partition coefficient (Wildman–Crippen LogP) is 3.34. The molecule has 3 N–H and O–H groups in total. The van der Waals surface area contributed by atoms with Crippen LogP contribution < -0.4 is 16.0 Å². The molecule has 0 unspecified atom stereocenters. The van der Waals surface area contributed by atoms with Gasteiger partial charge in [0.05, 0.1) is 6.26 Å². The number of furan rings is 1. The van der Waals surface area contributed by atoms with Crippen molar-refractivity contribution in [2.75, 3.05) is 0 Å². The molecule has 0 aliphatic carbocycles. The highest BCUT2D eigenvalue weighted by Gasteiger charge is 2.15. The van der Waals surface area contributed by atoms with Crippen LogP contribution in [0.15, 0.2) is 71.3 Å². The number of hydrazine groups is 1. The number of para-hydroxylation sites is 1. The summed E-state index contributed by atoms with van der Waals surface area (Å²) in [6.45, 7) is 0. The number of benzene rings is 2. The summed E-state index contributed by atoms with van der Waals surface area (Å²) in [5, 5.41) is 0. The molecule has 0 spiro atoms. The number of hydrogen-bond acceptors (Lipinski definition) is 4. The second-order valence-corrected chi connectivity index (χ2v) is 4.58. The zero-order chi connectivity index (χ0) is 15.4. The van der Waals surface area contributed by atoms with Gasteiger partial charge in [-0.15, -0.1) is 0 Å². The van der Waals surface area contributed by atoms with E-state index in [1.165, 1.54) is 6.26 Å². The van der Waals surface area contributed by atoms with Crippen LogP contribution in [0.2, 0.25) is 0 Å². The standard InChI is InChI=1S/C17H14N2O3/c18-19-17(20)16-15(10-11-21-16)12-6-8-14(9-7-12)22-13-4-2-1-3-5-13/h1-11H,18H2,(H,19,20). The van der Waals surface area contributed by atoms with Crippen LogP contribution >= 0.6 is 0 Å². The molecule has 1 amide bonds. The normalized spacial score (nSPS) is 10.2. The minimum atomic E-state index is -0.468. The molecule has 0 atom stereocenters. The molecule has 1 heterocycles. The number of nitrogens with one attached hydrogen (secondary N) is 1. The molecule has 0 saturated carbocycles. The first-order valence-electron chi connectivity index (χ1n) is 6.69. The summed E-state index contributed by atoms with van der Waals surface area (Å²) in [4.78, 5) is 11.6. The lowest BCUT2D eigenvalue weighted by Crippen LogP contribution is -2.29. The maximum Gasteiger partial charge on any atom is 0.301 e. The van der Waals surface area contributed by atoms with E-state index in [4.69, 9.17) is 15.0 Å². The van der Waals surface area contributed by atoms with Crippen LogP contribution in [0.4, 0.5) is 0 Å². The van der Waals surface area contributed by atoms with Crippen LogP contribution in [0.1, 0.15) is 10.6 Å². The third kappa shape index (κ3) is 2.84. The van der Waals surface area contributed by atoms with E-state index in [1.54, 1.807) is 6.07 Å².